The van der Waals surface area contributed by atoms with Crippen molar-refractivity contribution in [2.75, 3.05) is 18.6 Å². The Labute approximate surface area is 101 Å². The van der Waals surface area contributed by atoms with Gasteiger partial charge >= 0.3 is 5.97 Å². The third kappa shape index (κ3) is 3.17. The molecule has 6 nitrogen and oxygen atoms in total. The van der Waals surface area contributed by atoms with Crippen LogP contribution in [0.4, 0.5) is 0 Å². The van der Waals surface area contributed by atoms with Crippen molar-refractivity contribution >= 4 is 15.8 Å². The summed E-state index contributed by atoms with van der Waals surface area (Å²) in [4.78, 5) is 12.6. The van der Waals surface area contributed by atoms with Crippen molar-refractivity contribution in [3.8, 4) is 0 Å². The van der Waals surface area contributed by atoms with Gasteiger partial charge in [0.05, 0.1) is 23.7 Å². The van der Waals surface area contributed by atoms with Crippen LogP contribution in [0, 0.1) is 5.92 Å². The maximum atomic E-state index is 11.4. The van der Waals surface area contributed by atoms with Gasteiger partial charge < -0.3 is 10.2 Å². The number of sulfone groups is 1. The van der Waals surface area contributed by atoms with Crippen LogP contribution in [0.5, 0.6) is 0 Å². The molecule has 7 heteroatoms. The van der Waals surface area contributed by atoms with Crippen molar-refractivity contribution in [1.82, 2.24) is 4.90 Å². The molecule has 2 N–H and O–H groups in total. The van der Waals surface area contributed by atoms with Gasteiger partial charge in [-0.05, 0) is 13.0 Å². The molecule has 100 valence electrons. The van der Waals surface area contributed by atoms with Crippen molar-refractivity contribution in [3.05, 3.63) is 0 Å². The van der Waals surface area contributed by atoms with Crippen molar-refractivity contribution in [3.63, 3.8) is 0 Å². The van der Waals surface area contributed by atoms with Gasteiger partial charge in [-0.3, -0.25) is 9.69 Å². The van der Waals surface area contributed by atoms with Gasteiger partial charge in [-0.2, -0.15) is 0 Å². The highest BCUT2D eigenvalue weighted by atomic mass is 32.2. The fraction of sp³-hybridized carbons (Fsp3) is 0.900. The lowest BCUT2D eigenvalue weighted by molar-refractivity contribution is -0.146. The van der Waals surface area contributed by atoms with Gasteiger partial charge in [0, 0.05) is 0 Å². The van der Waals surface area contributed by atoms with E-state index in [0.29, 0.717) is 0 Å². The van der Waals surface area contributed by atoms with Crippen LogP contribution in [0.3, 0.4) is 0 Å². The smallest absolute Gasteiger partial charge is 0.321 e. The molecule has 0 amide bonds. The van der Waals surface area contributed by atoms with E-state index in [4.69, 9.17) is 5.11 Å². The average molecular weight is 265 g/mol. The van der Waals surface area contributed by atoms with Crippen LogP contribution in [-0.2, 0) is 14.6 Å². The number of carboxylic acid groups (broad SMARTS) is 1. The number of likely N-dealkylation sites (N-methyl/N-ethyl adjacent to an activating group) is 1. The topological polar surface area (TPSA) is 94.9 Å². The fourth-order valence-electron chi connectivity index (χ4n) is 2.34. The summed E-state index contributed by atoms with van der Waals surface area (Å²) in [6, 6.07) is -1.42. The number of hydrogen-bond donors (Lipinski definition) is 2. The first kappa shape index (κ1) is 14.4. The minimum absolute atomic E-state index is 0.159. The fourth-order valence-corrected chi connectivity index (χ4v) is 4.19. The molecule has 1 rings (SSSR count). The zero-order valence-electron chi connectivity index (χ0n) is 10.2. The highest BCUT2D eigenvalue weighted by Crippen LogP contribution is 2.22. The standard InChI is InChI=1S/C10H19NO5S/c1-6(2)9(10(13)14)11(3)7-4-17(15,16)5-8(7)12/h6-9,12H,4-5H2,1-3H3,(H,13,14). The summed E-state index contributed by atoms with van der Waals surface area (Å²) in [6.07, 6.45) is -1.01. The molecule has 0 spiro atoms. The Morgan fingerprint density at radius 3 is 2.18 bits per heavy atom. The zero-order valence-corrected chi connectivity index (χ0v) is 11.0. The summed E-state index contributed by atoms with van der Waals surface area (Å²) < 4.78 is 22.8. The lowest BCUT2D eigenvalue weighted by Crippen LogP contribution is -2.51. The summed E-state index contributed by atoms with van der Waals surface area (Å²) in [6.45, 7) is 3.51. The number of rotatable bonds is 4. The Kier molecular flexibility index (Phi) is 4.16. The molecule has 0 aromatic heterocycles. The average Bonchev–Trinajstić information content (AvgIpc) is 2.38. The first-order chi connectivity index (χ1) is 7.65. The van der Waals surface area contributed by atoms with Crippen molar-refractivity contribution in [2.45, 2.75) is 32.0 Å². The van der Waals surface area contributed by atoms with E-state index in [9.17, 15) is 18.3 Å². The van der Waals surface area contributed by atoms with E-state index in [1.807, 2.05) is 0 Å². The summed E-state index contributed by atoms with van der Waals surface area (Å²) in [5.74, 6) is -1.62. The normalized spacial score (nSPS) is 29.8. The number of carbonyl (C=O) groups is 1. The van der Waals surface area contributed by atoms with Crippen LogP contribution in [0.1, 0.15) is 13.8 Å². The van der Waals surface area contributed by atoms with Crippen molar-refractivity contribution < 1.29 is 23.4 Å². The van der Waals surface area contributed by atoms with Crippen LogP contribution in [0.25, 0.3) is 0 Å². The molecule has 0 aromatic carbocycles. The second-order valence-corrected chi connectivity index (χ2v) is 7.06. The van der Waals surface area contributed by atoms with Crippen molar-refractivity contribution in [1.29, 1.82) is 0 Å². The van der Waals surface area contributed by atoms with Gasteiger partial charge in [0.2, 0.25) is 0 Å². The van der Waals surface area contributed by atoms with E-state index in [2.05, 4.69) is 0 Å². The van der Waals surface area contributed by atoms with E-state index < -0.39 is 34.0 Å². The summed E-state index contributed by atoms with van der Waals surface area (Å²) >= 11 is 0. The van der Waals surface area contributed by atoms with Gasteiger partial charge in [-0.1, -0.05) is 13.8 Å². The first-order valence-corrected chi connectivity index (χ1v) is 7.31. The Morgan fingerprint density at radius 1 is 1.35 bits per heavy atom. The molecule has 0 aliphatic carbocycles. The summed E-state index contributed by atoms with van der Waals surface area (Å²) in [7, 11) is -1.71. The Balaban J connectivity index is 2.89. The van der Waals surface area contributed by atoms with E-state index in [1.54, 1.807) is 20.9 Å². The molecule has 3 atom stereocenters. The van der Waals surface area contributed by atoms with Crippen LogP contribution in [0.15, 0.2) is 0 Å². The third-order valence-electron chi connectivity index (χ3n) is 3.14. The molecule has 1 aliphatic rings. The number of carboxylic acids is 1. The lowest BCUT2D eigenvalue weighted by atomic mass is 10.0. The zero-order chi connectivity index (χ0) is 13.4. The molecular formula is C10H19NO5S. The predicted octanol–water partition coefficient (Wildman–Crippen LogP) is -0.815. The minimum atomic E-state index is -3.26. The molecule has 1 saturated heterocycles. The number of aliphatic carboxylic acids is 1. The van der Waals surface area contributed by atoms with E-state index in [1.165, 1.54) is 4.90 Å². The number of aliphatic hydroxyl groups is 1. The van der Waals surface area contributed by atoms with E-state index in [-0.39, 0.29) is 17.4 Å². The quantitative estimate of drug-likeness (QED) is 0.690. The van der Waals surface area contributed by atoms with Crippen LogP contribution < -0.4 is 0 Å². The molecule has 1 fully saturated rings. The van der Waals surface area contributed by atoms with Gasteiger partial charge in [0.1, 0.15) is 6.04 Å². The first-order valence-electron chi connectivity index (χ1n) is 5.49. The molecular weight excluding hydrogens is 246 g/mol. The highest BCUT2D eigenvalue weighted by molar-refractivity contribution is 7.91. The highest BCUT2D eigenvalue weighted by Gasteiger charge is 2.42. The second-order valence-electron chi connectivity index (χ2n) is 4.90. The minimum Gasteiger partial charge on any atom is -0.480 e. The SMILES string of the molecule is CC(C)C(C(=O)O)N(C)C1CS(=O)(=O)CC1O. The number of hydrogen-bond acceptors (Lipinski definition) is 5. The second kappa shape index (κ2) is 4.91. The largest absolute Gasteiger partial charge is 0.480 e. The molecule has 17 heavy (non-hydrogen) atoms. The third-order valence-corrected chi connectivity index (χ3v) is 4.84. The molecule has 1 aliphatic heterocycles. The van der Waals surface area contributed by atoms with Crippen LogP contribution in [-0.4, -0.2) is 66.2 Å². The van der Waals surface area contributed by atoms with Gasteiger partial charge in [0.15, 0.2) is 9.84 Å². The maximum Gasteiger partial charge on any atom is 0.321 e. The molecule has 0 saturated carbocycles. The monoisotopic (exact) mass is 265 g/mol. The summed E-state index contributed by atoms with van der Waals surface area (Å²) in [5, 5.41) is 18.8. The number of nitrogens with zero attached hydrogens (tertiary/aromatic N) is 1. The predicted molar refractivity (Wildman–Crippen MR) is 62.5 cm³/mol. The Bertz CT molecular complexity index is 392. The van der Waals surface area contributed by atoms with Crippen molar-refractivity contribution in [2.24, 2.45) is 5.92 Å². The van der Waals surface area contributed by atoms with E-state index >= 15 is 0 Å². The Hall–Kier alpha value is -0.660. The van der Waals surface area contributed by atoms with Gasteiger partial charge in [0.25, 0.3) is 0 Å². The molecule has 0 bridgehead atoms. The van der Waals surface area contributed by atoms with E-state index in [0.717, 1.165) is 0 Å². The molecule has 1 heterocycles. The Morgan fingerprint density at radius 2 is 1.88 bits per heavy atom. The van der Waals surface area contributed by atoms with Gasteiger partial charge in [-0.25, -0.2) is 8.42 Å². The van der Waals surface area contributed by atoms with Crippen LogP contribution >= 0.6 is 0 Å². The van der Waals surface area contributed by atoms with Gasteiger partial charge in [-0.15, -0.1) is 0 Å². The molecule has 3 unspecified atom stereocenters. The van der Waals surface area contributed by atoms with Crippen LogP contribution in [0.2, 0.25) is 0 Å². The summed E-state index contributed by atoms with van der Waals surface area (Å²) in [5.41, 5.74) is 0. The molecule has 0 radical (unpaired) electrons. The number of aliphatic hydroxyl groups excluding tert-OH is 1. The molecule has 0 aromatic rings. The lowest BCUT2D eigenvalue weighted by Gasteiger charge is -2.33. The maximum absolute atomic E-state index is 11.4.